The van der Waals surface area contributed by atoms with Gasteiger partial charge in [-0.3, -0.25) is 4.90 Å². The zero-order valence-electron chi connectivity index (χ0n) is 10.8. The topological polar surface area (TPSA) is 47.7 Å². The SMILES string of the molecule is NCCc1ccc(OCCN2CCOCC2)cc1. The second kappa shape index (κ2) is 7.36. The predicted molar refractivity (Wildman–Crippen MR) is 72.0 cm³/mol. The van der Waals surface area contributed by atoms with Crippen molar-refractivity contribution in [3.8, 4) is 5.75 Å². The number of rotatable bonds is 6. The molecule has 1 aliphatic rings. The molecule has 0 saturated carbocycles. The van der Waals surface area contributed by atoms with Crippen molar-refractivity contribution in [3.63, 3.8) is 0 Å². The number of benzene rings is 1. The Kier molecular flexibility index (Phi) is 5.45. The van der Waals surface area contributed by atoms with Gasteiger partial charge in [-0.05, 0) is 30.7 Å². The van der Waals surface area contributed by atoms with E-state index in [1.165, 1.54) is 5.56 Å². The molecule has 0 unspecified atom stereocenters. The molecule has 0 aromatic heterocycles. The minimum Gasteiger partial charge on any atom is -0.492 e. The molecule has 1 aromatic carbocycles. The van der Waals surface area contributed by atoms with E-state index >= 15 is 0 Å². The Morgan fingerprint density at radius 3 is 2.56 bits per heavy atom. The Morgan fingerprint density at radius 1 is 1.17 bits per heavy atom. The third kappa shape index (κ3) is 4.29. The second-order valence-corrected chi connectivity index (χ2v) is 4.49. The highest BCUT2D eigenvalue weighted by atomic mass is 16.5. The molecule has 2 rings (SSSR count). The summed E-state index contributed by atoms with van der Waals surface area (Å²) in [6.45, 7) is 6.10. The minimum atomic E-state index is 0.692. The highest BCUT2D eigenvalue weighted by molar-refractivity contribution is 5.27. The molecular formula is C14H22N2O2. The van der Waals surface area contributed by atoms with E-state index in [1.807, 2.05) is 12.1 Å². The quantitative estimate of drug-likeness (QED) is 0.815. The van der Waals surface area contributed by atoms with Crippen LogP contribution in [0, 0.1) is 0 Å². The van der Waals surface area contributed by atoms with Crippen LogP contribution in [-0.2, 0) is 11.2 Å². The number of hydrogen-bond acceptors (Lipinski definition) is 4. The molecule has 0 bridgehead atoms. The van der Waals surface area contributed by atoms with Crippen molar-refractivity contribution >= 4 is 0 Å². The number of morpholine rings is 1. The van der Waals surface area contributed by atoms with Crippen LogP contribution in [0.25, 0.3) is 0 Å². The normalized spacial score (nSPS) is 16.7. The van der Waals surface area contributed by atoms with Gasteiger partial charge in [-0.15, -0.1) is 0 Å². The second-order valence-electron chi connectivity index (χ2n) is 4.49. The van der Waals surface area contributed by atoms with E-state index < -0.39 is 0 Å². The van der Waals surface area contributed by atoms with Crippen molar-refractivity contribution in [3.05, 3.63) is 29.8 Å². The molecule has 1 aromatic rings. The Hall–Kier alpha value is -1.10. The molecule has 0 atom stereocenters. The van der Waals surface area contributed by atoms with Crippen LogP contribution in [0.2, 0.25) is 0 Å². The van der Waals surface area contributed by atoms with Gasteiger partial charge in [-0.2, -0.15) is 0 Å². The molecule has 0 aliphatic carbocycles. The summed E-state index contributed by atoms with van der Waals surface area (Å²) >= 11 is 0. The number of hydrogen-bond donors (Lipinski definition) is 1. The molecule has 0 spiro atoms. The summed E-state index contributed by atoms with van der Waals surface area (Å²) in [4.78, 5) is 2.37. The number of ether oxygens (including phenoxy) is 2. The predicted octanol–water partition coefficient (Wildman–Crippen LogP) is 0.899. The summed E-state index contributed by atoms with van der Waals surface area (Å²) in [5.74, 6) is 0.934. The van der Waals surface area contributed by atoms with Gasteiger partial charge in [0.1, 0.15) is 12.4 Å². The van der Waals surface area contributed by atoms with Gasteiger partial charge < -0.3 is 15.2 Å². The van der Waals surface area contributed by atoms with E-state index in [0.717, 1.165) is 51.6 Å². The van der Waals surface area contributed by atoms with Crippen LogP contribution in [0.3, 0.4) is 0 Å². The lowest BCUT2D eigenvalue weighted by molar-refractivity contribution is 0.0322. The van der Waals surface area contributed by atoms with Crippen LogP contribution >= 0.6 is 0 Å². The van der Waals surface area contributed by atoms with E-state index in [1.54, 1.807) is 0 Å². The number of nitrogens with zero attached hydrogens (tertiary/aromatic N) is 1. The van der Waals surface area contributed by atoms with Crippen molar-refractivity contribution < 1.29 is 9.47 Å². The van der Waals surface area contributed by atoms with Gasteiger partial charge >= 0.3 is 0 Å². The zero-order chi connectivity index (χ0) is 12.6. The molecule has 1 fully saturated rings. The highest BCUT2D eigenvalue weighted by Gasteiger charge is 2.09. The highest BCUT2D eigenvalue weighted by Crippen LogP contribution is 2.12. The van der Waals surface area contributed by atoms with Crippen molar-refractivity contribution in [2.24, 2.45) is 5.73 Å². The molecule has 1 saturated heterocycles. The summed E-state index contributed by atoms with van der Waals surface area (Å²) in [7, 11) is 0. The van der Waals surface area contributed by atoms with Gasteiger partial charge in [0.15, 0.2) is 0 Å². The first-order valence-electron chi connectivity index (χ1n) is 6.60. The lowest BCUT2D eigenvalue weighted by Crippen LogP contribution is -2.38. The fourth-order valence-corrected chi connectivity index (χ4v) is 2.04. The monoisotopic (exact) mass is 250 g/mol. The largest absolute Gasteiger partial charge is 0.492 e. The molecule has 4 heteroatoms. The third-order valence-corrected chi connectivity index (χ3v) is 3.14. The Morgan fingerprint density at radius 2 is 1.89 bits per heavy atom. The molecular weight excluding hydrogens is 228 g/mol. The summed E-state index contributed by atoms with van der Waals surface area (Å²) in [6.07, 6.45) is 0.925. The summed E-state index contributed by atoms with van der Waals surface area (Å²) in [5.41, 5.74) is 6.78. The number of nitrogens with two attached hydrogens (primary N) is 1. The standard InChI is InChI=1S/C14H22N2O2/c15-6-5-13-1-3-14(4-2-13)18-12-9-16-7-10-17-11-8-16/h1-4H,5-12,15H2. The molecule has 1 aliphatic heterocycles. The van der Waals surface area contributed by atoms with Crippen molar-refractivity contribution in [2.45, 2.75) is 6.42 Å². The Labute approximate surface area is 109 Å². The van der Waals surface area contributed by atoms with Gasteiger partial charge in [-0.25, -0.2) is 0 Å². The average molecular weight is 250 g/mol. The molecule has 18 heavy (non-hydrogen) atoms. The van der Waals surface area contributed by atoms with E-state index in [9.17, 15) is 0 Å². The maximum atomic E-state index is 5.73. The van der Waals surface area contributed by atoms with Crippen LogP contribution in [-0.4, -0.2) is 50.9 Å². The molecule has 1 heterocycles. The van der Waals surface area contributed by atoms with Crippen LogP contribution in [0.4, 0.5) is 0 Å². The third-order valence-electron chi connectivity index (χ3n) is 3.14. The van der Waals surface area contributed by atoms with Gasteiger partial charge in [0.05, 0.1) is 13.2 Å². The Bertz CT molecular complexity index is 334. The fourth-order valence-electron chi connectivity index (χ4n) is 2.04. The first-order chi connectivity index (χ1) is 8.88. The van der Waals surface area contributed by atoms with Crippen molar-refractivity contribution in [1.29, 1.82) is 0 Å². The smallest absolute Gasteiger partial charge is 0.119 e. The minimum absolute atomic E-state index is 0.692. The average Bonchev–Trinajstić information content (AvgIpc) is 2.42. The molecule has 0 radical (unpaired) electrons. The molecule has 0 amide bonds. The van der Waals surface area contributed by atoms with Crippen LogP contribution in [0.15, 0.2) is 24.3 Å². The fraction of sp³-hybridized carbons (Fsp3) is 0.571. The molecule has 4 nitrogen and oxygen atoms in total. The Balaban J connectivity index is 1.69. The summed E-state index contributed by atoms with van der Waals surface area (Å²) < 4.78 is 11.0. The maximum absolute atomic E-state index is 5.73. The van der Waals surface area contributed by atoms with E-state index in [0.29, 0.717) is 6.54 Å². The summed E-state index contributed by atoms with van der Waals surface area (Å²) in [5, 5.41) is 0. The van der Waals surface area contributed by atoms with Gasteiger partial charge in [0, 0.05) is 19.6 Å². The van der Waals surface area contributed by atoms with Crippen LogP contribution in [0.1, 0.15) is 5.56 Å². The van der Waals surface area contributed by atoms with Crippen molar-refractivity contribution in [1.82, 2.24) is 4.90 Å². The van der Waals surface area contributed by atoms with E-state index in [4.69, 9.17) is 15.2 Å². The van der Waals surface area contributed by atoms with Gasteiger partial charge in [-0.1, -0.05) is 12.1 Å². The van der Waals surface area contributed by atoms with Crippen LogP contribution < -0.4 is 10.5 Å². The van der Waals surface area contributed by atoms with Crippen LogP contribution in [0.5, 0.6) is 5.75 Å². The van der Waals surface area contributed by atoms with E-state index in [-0.39, 0.29) is 0 Å². The lowest BCUT2D eigenvalue weighted by atomic mass is 10.1. The van der Waals surface area contributed by atoms with E-state index in [2.05, 4.69) is 17.0 Å². The summed E-state index contributed by atoms with van der Waals surface area (Å²) in [6, 6.07) is 8.20. The first-order valence-corrected chi connectivity index (χ1v) is 6.60. The first kappa shape index (κ1) is 13.3. The molecule has 100 valence electrons. The lowest BCUT2D eigenvalue weighted by Gasteiger charge is -2.26. The van der Waals surface area contributed by atoms with Gasteiger partial charge in [0.2, 0.25) is 0 Å². The maximum Gasteiger partial charge on any atom is 0.119 e. The zero-order valence-corrected chi connectivity index (χ0v) is 10.8. The van der Waals surface area contributed by atoms with Gasteiger partial charge in [0.25, 0.3) is 0 Å². The molecule has 2 N–H and O–H groups in total. The van der Waals surface area contributed by atoms with Crippen molar-refractivity contribution in [2.75, 3.05) is 46.0 Å².